The predicted octanol–water partition coefficient (Wildman–Crippen LogP) is 4.65. The van der Waals surface area contributed by atoms with Crippen molar-refractivity contribution in [3.63, 3.8) is 0 Å². The van der Waals surface area contributed by atoms with Crippen molar-refractivity contribution in [3.8, 4) is 28.4 Å². The Morgan fingerprint density at radius 3 is 2.29 bits per heavy atom. The summed E-state index contributed by atoms with van der Waals surface area (Å²) in [4.78, 5) is 25.1. The minimum absolute atomic E-state index is 0.142. The lowest BCUT2D eigenvalue weighted by Crippen LogP contribution is -2.46. The number of hydrogen-bond acceptors (Lipinski definition) is 6. The molecule has 0 aliphatic rings. The van der Waals surface area contributed by atoms with E-state index in [9.17, 15) is 13.8 Å². The second kappa shape index (κ2) is 13.1. The van der Waals surface area contributed by atoms with E-state index in [1.54, 1.807) is 25.3 Å². The maximum absolute atomic E-state index is 13.2. The van der Waals surface area contributed by atoms with Crippen molar-refractivity contribution in [3.05, 3.63) is 72.3 Å². The van der Waals surface area contributed by atoms with Gasteiger partial charge < -0.3 is 24.8 Å². The zero-order chi connectivity index (χ0) is 27.7. The molecule has 9 nitrogen and oxygen atoms in total. The number of benzene rings is 3. The summed E-state index contributed by atoms with van der Waals surface area (Å²) < 4.78 is 32.0. The molecular weight excluding hydrogens is 506 g/mol. The van der Waals surface area contributed by atoms with Crippen LogP contribution in [0.25, 0.3) is 11.1 Å². The maximum Gasteiger partial charge on any atom is 0.327 e. The van der Waals surface area contributed by atoms with Gasteiger partial charge >= 0.3 is 6.03 Å². The van der Waals surface area contributed by atoms with Gasteiger partial charge in [-0.3, -0.25) is 9.52 Å². The van der Waals surface area contributed by atoms with Crippen molar-refractivity contribution in [2.24, 2.45) is 0 Å². The van der Waals surface area contributed by atoms with Gasteiger partial charge in [0.05, 0.1) is 13.7 Å². The Morgan fingerprint density at radius 1 is 0.895 bits per heavy atom. The van der Waals surface area contributed by atoms with E-state index in [4.69, 9.17) is 14.2 Å². The summed E-state index contributed by atoms with van der Waals surface area (Å²) in [6.45, 7) is 6.10. The van der Waals surface area contributed by atoms with Crippen LogP contribution < -0.4 is 24.8 Å². The van der Waals surface area contributed by atoms with Crippen LogP contribution in [0.4, 0.5) is 4.79 Å². The van der Waals surface area contributed by atoms with Crippen LogP contribution in [0.5, 0.6) is 17.2 Å². The second-order valence-electron chi connectivity index (χ2n) is 9.34. The lowest BCUT2D eigenvalue weighted by molar-refractivity contribution is 0.0937. The SMILES string of the molecule is COCCNC(=O)c1ccc(Oc2cccc(-c3ccc(OC)cc3)c2)c(S(=O)NC(=O)NC(C)(C)C)c1. The number of ether oxygens (including phenoxy) is 3. The molecule has 0 aromatic heterocycles. The van der Waals surface area contributed by atoms with Crippen molar-refractivity contribution >= 4 is 22.9 Å². The lowest BCUT2D eigenvalue weighted by atomic mass is 10.1. The highest BCUT2D eigenvalue weighted by Gasteiger charge is 2.20. The molecule has 1 atom stereocenters. The van der Waals surface area contributed by atoms with E-state index in [0.717, 1.165) is 16.9 Å². The topological polar surface area (TPSA) is 115 Å². The van der Waals surface area contributed by atoms with Crippen molar-refractivity contribution in [2.45, 2.75) is 31.2 Å². The molecular formula is C28H33N3O6S. The molecule has 202 valence electrons. The number of carbonyl (C=O) groups excluding carboxylic acids is 2. The van der Waals surface area contributed by atoms with Crippen molar-refractivity contribution in [1.82, 2.24) is 15.4 Å². The highest BCUT2D eigenvalue weighted by molar-refractivity contribution is 7.83. The molecule has 3 aromatic rings. The molecule has 0 saturated carbocycles. The Labute approximate surface area is 225 Å². The molecule has 0 fully saturated rings. The third kappa shape index (κ3) is 8.32. The van der Waals surface area contributed by atoms with E-state index in [1.165, 1.54) is 13.2 Å². The van der Waals surface area contributed by atoms with Crippen LogP contribution in [-0.2, 0) is 15.7 Å². The van der Waals surface area contributed by atoms with E-state index in [1.807, 2.05) is 63.2 Å². The van der Waals surface area contributed by atoms with Gasteiger partial charge in [-0.05, 0) is 74.4 Å². The van der Waals surface area contributed by atoms with E-state index in [0.29, 0.717) is 18.9 Å². The van der Waals surface area contributed by atoms with Crippen LogP contribution in [0.2, 0.25) is 0 Å². The van der Waals surface area contributed by atoms with E-state index in [-0.39, 0.29) is 22.1 Å². The molecule has 0 saturated heterocycles. The summed E-state index contributed by atoms with van der Waals surface area (Å²) in [5, 5.41) is 5.44. The summed E-state index contributed by atoms with van der Waals surface area (Å²) in [7, 11) is 1.13. The first-order chi connectivity index (χ1) is 18.1. The van der Waals surface area contributed by atoms with E-state index < -0.39 is 22.6 Å². The van der Waals surface area contributed by atoms with Gasteiger partial charge in [0.2, 0.25) is 0 Å². The first kappa shape index (κ1) is 28.7. The summed E-state index contributed by atoms with van der Waals surface area (Å²) in [5.41, 5.74) is 1.61. The van der Waals surface area contributed by atoms with Gasteiger partial charge in [0.15, 0.2) is 11.0 Å². The van der Waals surface area contributed by atoms with Crippen molar-refractivity contribution in [1.29, 1.82) is 0 Å². The van der Waals surface area contributed by atoms with Crippen molar-refractivity contribution < 1.29 is 28.0 Å². The first-order valence-corrected chi connectivity index (χ1v) is 13.1. The smallest absolute Gasteiger partial charge is 0.327 e. The molecule has 3 aromatic carbocycles. The summed E-state index contributed by atoms with van der Waals surface area (Å²) in [6.07, 6.45) is 0. The average molecular weight is 540 g/mol. The maximum atomic E-state index is 13.2. The number of rotatable bonds is 10. The molecule has 3 N–H and O–H groups in total. The van der Waals surface area contributed by atoms with Gasteiger partial charge in [0, 0.05) is 24.8 Å². The molecule has 0 radical (unpaired) electrons. The molecule has 0 aliphatic heterocycles. The number of amides is 3. The fraction of sp³-hybridized carbons (Fsp3) is 0.286. The fourth-order valence-electron chi connectivity index (χ4n) is 3.40. The Morgan fingerprint density at radius 2 is 1.63 bits per heavy atom. The van der Waals surface area contributed by atoms with Crippen LogP contribution in [0.1, 0.15) is 31.1 Å². The van der Waals surface area contributed by atoms with Gasteiger partial charge in [0.25, 0.3) is 5.91 Å². The molecule has 0 heterocycles. The molecule has 3 rings (SSSR count). The zero-order valence-electron chi connectivity index (χ0n) is 22.1. The van der Waals surface area contributed by atoms with Gasteiger partial charge in [0.1, 0.15) is 22.1 Å². The van der Waals surface area contributed by atoms with Gasteiger partial charge in [-0.1, -0.05) is 24.3 Å². The minimum Gasteiger partial charge on any atom is -0.497 e. The molecule has 3 amide bonds. The molecule has 38 heavy (non-hydrogen) atoms. The third-order valence-corrected chi connectivity index (χ3v) is 6.25. The normalized spacial score (nSPS) is 11.8. The monoisotopic (exact) mass is 539 g/mol. The molecule has 10 heteroatoms. The quantitative estimate of drug-likeness (QED) is 0.323. The molecule has 0 bridgehead atoms. The van der Waals surface area contributed by atoms with Gasteiger partial charge in [-0.15, -0.1) is 0 Å². The van der Waals surface area contributed by atoms with Gasteiger partial charge in [-0.2, -0.15) is 0 Å². The first-order valence-electron chi connectivity index (χ1n) is 11.9. The number of methoxy groups -OCH3 is 2. The lowest BCUT2D eigenvalue weighted by Gasteiger charge is -2.21. The second-order valence-corrected chi connectivity index (χ2v) is 10.5. The number of carbonyl (C=O) groups is 2. The number of urea groups is 1. The van der Waals surface area contributed by atoms with Crippen LogP contribution in [0.3, 0.4) is 0 Å². The van der Waals surface area contributed by atoms with Crippen LogP contribution in [-0.4, -0.2) is 49.1 Å². The van der Waals surface area contributed by atoms with Crippen molar-refractivity contribution in [2.75, 3.05) is 27.4 Å². The summed E-state index contributed by atoms with van der Waals surface area (Å²) >= 11 is 0. The largest absolute Gasteiger partial charge is 0.497 e. The van der Waals surface area contributed by atoms with Gasteiger partial charge in [-0.25, -0.2) is 9.00 Å². The predicted molar refractivity (Wildman–Crippen MR) is 147 cm³/mol. The number of nitrogens with one attached hydrogen (secondary N) is 3. The summed E-state index contributed by atoms with van der Waals surface area (Å²) in [5.74, 6) is 1.11. The Hall–Kier alpha value is -3.89. The molecule has 0 spiro atoms. The Balaban J connectivity index is 1.90. The van der Waals surface area contributed by atoms with Crippen LogP contribution in [0.15, 0.2) is 71.6 Å². The Bertz CT molecular complexity index is 1290. The molecule has 0 aliphatic carbocycles. The van der Waals surface area contributed by atoms with E-state index >= 15 is 0 Å². The highest BCUT2D eigenvalue weighted by atomic mass is 32.2. The fourth-order valence-corrected chi connectivity index (χ4v) is 4.26. The summed E-state index contributed by atoms with van der Waals surface area (Å²) in [6, 6.07) is 19.0. The van der Waals surface area contributed by atoms with Crippen LogP contribution in [0, 0.1) is 0 Å². The van der Waals surface area contributed by atoms with E-state index in [2.05, 4.69) is 15.4 Å². The zero-order valence-corrected chi connectivity index (χ0v) is 22.9. The molecule has 1 unspecified atom stereocenters. The third-order valence-electron chi connectivity index (χ3n) is 5.16. The number of hydrogen-bond donors (Lipinski definition) is 3. The van der Waals surface area contributed by atoms with Crippen LogP contribution >= 0.6 is 0 Å². The Kier molecular flexibility index (Phi) is 9.86. The highest BCUT2D eigenvalue weighted by Crippen LogP contribution is 2.32. The average Bonchev–Trinajstić information content (AvgIpc) is 2.88. The minimum atomic E-state index is -2.02. The standard InChI is InChI=1S/C28H33N3O6S/c1-28(2,3)30-27(33)31-38(34)25-18-21(26(32)29-15-16-35-4)11-14-24(25)37-23-8-6-7-20(17-23)19-9-12-22(36-5)13-10-19/h6-14,17-18H,15-16H2,1-5H3,(H,29,32)(H2,30,31,33).